The summed E-state index contributed by atoms with van der Waals surface area (Å²) in [5.41, 5.74) is 4.24. The Bertz CT molecular complexity index is 1090. The third-order valence-corrected chi connectivity index (χ3v) is 6.16. The predicted molar refractivity (Wildman–Crippen MR) is 127 cm³/mol. The van der Waals surface area contributed by atoms with Gasteiger partial charge in [0.05, 0.1) is 11.4 Å². The summed E-state index contributed by atoms with van der Waals surface area (Å²) in [6.45, 7) is 3.02. The molecule has 1 saturated heterocycles. The van der Waals surface area contributed by atoms with Gasteiger partial charge in [-0.05, 0) is 30.2 Å². The maximum atomic E-state index is 13.0. The molecule has 0 spiro atoms. The number of thiocarbonyl (C=S) groups is 1. The van der Waals surface area contributed by atoms with Crippen molar-refractivity contribution >= 4 is 40.3 Å². The van der Waals surface area contributed by atoms with Crippen molar-refractivity contribution < 1.29 is 9.53 Å². The zero-order valence-electron chi connectivity index (χ0n) is 16.6. The fourth-order valence-electron chi connectivity index (χ4n) is 3.12. The molecule has 1 fully saturated rings. The van der Waals surface area contributed by atoms with E-state index in [1.165, 1.54) is 17.3 Å². The van der Waals surface area contributed by atoms with Crippen LogP contribution in [0.2, 0.25) is 0 Å². The minimum Gasteiger partial charge on any atom is -0.488 e. The van der Waals surface area contributed by atoms with Crippen molar-refractivity contribution in [3.05, 3.63) is 106 Å². The van der Waals surface area contributed by atoms with E-state index in [9.17, 15) is 4.79 Å². The van der Waals surface area contributed by atoms with Gasteiger partial charge in [-0.1, -0.05) is 102 Å². The van der Waals surface area contributed by atoms with Gasteiger partial charge in [-0.3, -0.25) is 9.69 Å². The highest BCUT2D eigenvalue weighted by atomic mass is 32.2. The van der Waals surface area contributed by atoms with Crippen LogP contribution < -0.4 is 4.74 Å². The Kier molecular flexibility index (Phi) is 6.31. The van der Waals surface area contributed by atoms with Crippen LogP contribution in [0, 0.1) is 6.92 Å². The summed E-state index contributed by atoms with van der Waals surface area (Å²) in [4.78, 5) is 15.2. The first-order chi connectivity index (χ1) is 14.6. The molecule has 3 aromatic carbocycles. The Morgan fingerprint density at radius 1 is 0.933 bits per heavy atom. The fourth-order valence-corrected chi connectivity index (χ4v) is 4.37. The Labute approximate surface area is 186 Å². The zero-order chi connectivity index (χ0) is 20.9. The Hall–Kier alpha value is -2.89. The molecule has 1 amide bonds. The Balaban J connectivity index is 1.51. The van der Waals surface area contributed by atoms with Gasteiger partial charge < -0.3 is 4.74 Å². The summed E-state index contributed by atoms with van der Waals surface area (Å²) in [6, 6.07) is 25.9. The van der Waals surface area contributed by atoms with Gasteiger partial charge in [0.15, 0.2) is 0 Å². The summed E-state index contributed by atoms with van der Waals surface area (Å²) in [5.74, 6) is 0.675. The number of ether oxygens (including phenoxy) is 1. The summed E-state index contributed by atoms with van der Waals surface area (Å²) in [7, 11) is 0. The Morgan fingerprint density at radius 3 is 2.40 bits per heavy atom. The standard InChI is InChI=1S/C25H21NO2S2/c1-18-11-13-20(14-12-18)17-28-22-10-6-5-9-21(22)15-23-24(27)26(25(29)30-23)16-19-7-3-2-4-8-19/h2-15H,16-17H2,1H3. The van der Waals surface area contributed by atoms with E-state index >= 15 is 0 Å². The number of hydrogen-bond donors (Lipinski definition) is 0. The molecule has 3 nitrogen and oxygen atoms in total. The minimum atomic E-state index is -0.0674. The lowest BCUT2D eigenvalue weighted by Crippen LogP contribution is -2.27. The topological polar surface area (TPSA) is 29.5 Å². The van der Waals surface area contributed by atoms with Crippen molar-refractivity contribution in [2.45, 2.75) is 20.1 Å². The summed E-state index contributed by atoms with van der Waals surface area (Å²) >= 11 is 6.80. The molecule has 1 aliphatic rings. The number of rotatable bonds is 6. The largest absolute Gasteiger partial charge is 0.488 e. The number of amides is 1. The van der Waals surface area contributed by atoms with Gasteiger partial charge in [0.25, 0.3) is 5.91 Å². The molecule has 0 unspecified atom stereocenters. The molecule has 0 atom stereocenters. The van der Waals surface area contributed by atoms with E-state index in [1.807, 2.05) is 60.7 Å². The van der Waals surface area contributed by atoms with Crippen molar-refractivity contribution in [2.75, 3.05) is 0 Å². The number of hydrogen-bond acceptors (Lipinski definition) is 4. The third-order valence-electron chi connectivity index (χ3n) is 4.78. The zero-order valence-corrected chi connectivity index (χ0v) is 18.2. The summed E-state index contributed by atoms with van der Waals surface area (Å²) < 4.78 is 6.62. The second-order valence-corrected chi connectivity index (χ2v) is 8.74. The number of aryl methyl sites for hydroxylation is 1. The van der Waals surface area contributed by atoms with Gasteiger partial charge in [0.1, 0.15) is 16.7 Å². The van der Waals surface area contributed by atoms with E-state index < -0.39 is 0 Å². The van der Waals surface area contributed by atoms with Crippen LogP contribution in [0.15, 0.2) is 83.8 Å². The molecule has 30 heavy (non-hydrogen) atoms. The van der Waals surface area contributed by atoms with Crippen LogP contribution in [0.4, 0.5) is 0 Å². The van der Waals surface area contributed by atoms with Gasteiger partial charge in [-0.25, -0.2) is 0 Å². The van der Waals surface area contributed by atoms with Gasteiger partial charge in [-0.15, -0.1) is 0 Å². The molecule has 5 heteroatoms. The summed E-state index contributed by atoms with van der Waals surface area (Å²) in [5, 5.41) is 0. The summed E-state index contributed by atoms with van der Waals surface area (Å²) in [6.07, 6.45) is 1.87. The van der Waals surface area contributed by atoms with Gasteiger partial charge in [-0.2, -0.15) is 0 Å². The molecule has 0 N–H and O–H groups in total. The van der Waals surface area contributed by atoms with E-state index in [1.54, 1.807) is 4.90 Å². The quantitative estimate of drug-likeness (QED) is 0.355. The van der Waals surface area contributed by atoms with Crippen LogP contribution in [-0.4, -0.2) is 15.1 Å². The van der Waals surface area contributed by atoms with Crippen molar-refractivity contribution in [2.24, 2.45) is 0 Å². The molecule has 0 aliphatic carbocycles. The highest BCUT2D eigenvalue weighted by molar-refractivity contribution is 8.26. The number of thioether (sulfide) groups is 1. The second-order valence-electron chi connectivity index (χ2n) is 7.07. The molecule has 0 radical (unpaired) electrons. The number of carbonyl (C=O) groups is 1. The Morgan fingerprint density at radius 2 is 1.63 bits per heavy atom. The SMILES string of the molecule is Cc1ccc(COc2ccccc2C=C2SC(=S)N(Cc3ccccc3)C2=O)cc1. The van der Waals surface area contributed by atoms with Crippen molar-refractivity contribution in [1.82, 2.24) is 4.90 Å². The number of nitrogens with zero attached hydrogens (tertiary/aromatic N) is 1. The van der Waals surface area contributed by atoms with E-state index in [0.29, 0.717) is 22.4 Å². The van der Waals surface area contributed by atoms with Crippen LogP contribution in [0.5, 0.6) is 5.75 Å². The molecule has 1 aliphatic heterocycles. The van der Waals surface area contributed by atoms with Crippen LogP contribution >= 0.6 is 24.0 Å². The number of benzene rings is 3. The van der Waals surface area contributed by atoms with Gasteiger partial charge in [0.2, 0.25) is 0 Å². The molecule has 0 aromatic heterocycles. The van der Waals surface area contributed by atoms with Crippen molar-refractivity contribution in [1.29, 1.82) is 0 Å². The lowest BCUT2D eigenvalue weighted by molar-refractivity contribution is -0.122. The third kappa shape index (κ3) is 4.81. The average molecular weight is 432 g/mol. The van der Waals surface area contributed by atoms with E-state index in [-0.39, 0.29) is 5.91 Å². The predicted octanol–water partition coefficient (Wildman–Crippen LogP) is 5.98. The van der Waals surface area contributed by atoms with Crippen molar-refractivity contribution in [3.8, 4) is 5.75 Å². The highest BCUT2D eigenvalue weighted by Crippen LogP contribution is 2.35. The van der Waals surface area contributed by atoms with E-state index in [0.717, 1.165) is 22.4 Å². The molecule has 150 valence electrons. The monoisotopic (exact) mass is 431 g/mol. The van der Waals surface area contributed by atoms with Crippen LogP contribution in [0.1, 0.15) is 22.3 Å². The molecule has 1 heterocycles. The molecule has 0 bridgehead atoms. The number of carbonyl (C=O) groups excluding carboxylic acids is 1. The first-order valence-corrected chi connectivity index (χ1v) is 10.9. The first-order valence-electron chi connectivity index (χ1n) is 9.67. The maximum absolute atomic E-state index is 13.0. The normalized spacial score (nSPS) is 15.1. The smallest absolute Gasteiger partial charge is 0.266 e. The number of para-hydroxylation sites is 1. The molecular formula is C25H21NO2S2. The molecular weight excluding hydrogens is 410 g/mol. The first kappa shape index (κ1) is 20.4. The molecule has 4 rings (SSSR count). The molecule has 0 saturated carbocycles. The van der Waals surface area contributed by atoms with Crippen molar-refractivity contribution in [3.63, 3.8) is 0 Å². The maximum Gasteiger partial charge on any atom is 0.266 e. The average Bonchev–Trinajstić information content (AvgIpc) is 3.02. The highest BCUT2D eigenvalue weighted by Gasteiger charge is 2.32. The van der Waals surface area contributed by atoms with E-state index in [4.69, 9.17) is 17.0 Å². The minimum absolute atomic E-state index is 0.0674. The lowest BCUT2D eigenvalue weighted by Gasteiger charge is -2.14. The fraction of sp³-hybridized carbons (Fsp3) is 0.120. The van der Waals surface area contributed by atoms with Crippen LogP contribution in [0.3, 0.4) is 0 Å². The van der Waals surface area contributed by atoms with Crippen LogP contribution in [0.25, 0.3) is 6.08 Å². The van der Waals surface area contributed by atoms with Gasteiger partial charge >= 0.3 is 0 Å². The molecule has 3 aromatic rings. The second kappa shape index (κ2) is 9.28. The van der Waals surface area contributed by atoms with E-state index in [2.05, 4.69) is 31.2 Å². The van der Waals surface area contributed by atoms with Crippen LogP contribution in [-0.2, 0) is 17.9 Å². The van der Waals surface area contributed by atoms with Gasteiger partial charge in [0, 0.05) is 5.56 Å². The lowest BCUT2D eigenvalue weighted by atomic mass is 10.1.